The van der Waals surface area contributed by atoms with E-state index in [1.54, 1.807) is 0 Å². The molecule has 114 valence electrons. The monoisotopic (exact) mass is 326 g/mol. The zero-order valence-corrected chi connectivity index (χ0v) is 14.5. The lowest BCUT2D eigenvalue weighted by Crippen LogP contribution is -1.93. The van der Waals surface area contributed by atoms with Crippen molar-refractivity contribution in [2.45, 2.75) is 83.1 Å². The molecule has 0 aliphatic carbocycles. The van der Waals surface area contributed by atoms with E-state index in [0.29, 0.717) is 6.42 Å². The van der Waals surface area contributed by atoms with Crippen molar-refractivity contribution in [1.82, 2.24) is 0 Å². The molecule has 0 atom stereocenters. The first-order valence-electron chi connectivity index (χ1n) is 7.63. The van der Waals surface area contributed by atoms with Gasteiger partial charge in [-0.1, -0.05) is 64.2 Å². The average Bonchev–Trinajstić information content (AvgIpc) is 2.34. The molecule has 1 N–H and O–H groups in total. The first-order valence-corrected chi connectivity index (χ1v) is 11.9. The third-order valence-electron chi connectivity index (χ3n) is 3.31. The lowest BCUT2D eigenvalue weighted by atomic mass is 10.1. The Hall–Kier alpha value is 0.267. The predicted molar refractivity (Wildman–Crippen MR) is 86.7 cm³/mol. The normalized spacial score (nSPS) is 11.1. The number of rotatable bonds is 14. The van der Waals surface area contributed by atoms with Crippen LogP contribution in [0.3, 0.4) is 0 Å². The second kappa shape index (κ2) is 14.7. The zero-order chi connectivity index (χ0) is 14.3. The standard InChI is InChI=1S/C14H28Cl2O2Si/c15-19(16)13-11-9-7-5-3-1-2-4-6-8-10-12-14(17)18/h19H,1-13H2,(H,17,18). The number of carboxylic acid groups (broad SMARTS) is 1. The molecule has 0 saturated heterocycles. The molecule has 0 spiro atoms. The van der Waals surface area contributed by atoms with E-state index < -0.39 is 13.4 Å². The van der Waals surface area contributed by atoms with Gasteiger partial charge in [0.1, 0.15) is 0 Å². The Kier molecular flexibility index (Phi) is 14.9. The lowest BCUT2D eigenvalue weighted by molar-refractivity contribution is -0.137. The van der Waals surface area contributed by atoms with Gasteiger partial charge < -0.3 is 5.11 Å². The summed E-state index contributed by atoms with van der Waals surface area (Å²) in [5.41, 5.74) is 0. The van der Waals surface area contributed by atoms with Crippen LogP contribution in [-0.4, -0.2) is 18.5 Å². The summed E-state index contributed by atoms with van der Waals surface area (Å²) in [5, 5.41) is 8.49. The van der Waals surface area contributed by atoms with Crippen LogP contribution in [0.1, 0.15) is 77.0 Å². The van der Waals surface area contributed by atoms with Gasteiger partial charge in [0.25, 0.3) is 0 Å². The smallest absolute Gasteiger partial charge is 0.303 e. The molecular formula is C14H28Cl2O2Si. The molecule has 0 rings (SSSR count). The van der Waals surface area contributed by atoms with Crippen molar-refractivity contribution >= 4 is 35.5 Å². The molecule has 0 aliphatic heterocycles. The van der Waals surface area contributed by atoms with Gasteiger partial charge in [-0.3, -0.25) is 4.79 Å². The van der Waals surface area contributed by atoms with E-state index in [9.17, 15) is 4.79 Å². The molecule has 19 heavy (non-hydrogen) atoms. The largest absolute Gasteiger partial charge is 0.481 e. The van der Waals surface area contributed by atoms with E-state index in [1.165, 1.54) is 57.8 Å². The number of aliphatic carboxylic acids is 1. The van der Waals surface area contributed by atoms with Crippen LogP contribution in [0, 0.1) is 0 Å². The molecule has 0 saturated carbocycles. The first kappa shape index (κ1) is 19.3. The van der Waals surface area contributed by atoms with Crippen LogP contribution in [0.5, 0.6) is 0 Å². The number of hydrogen-bond donors (Lipinski definition) is 1. The second-order valence-corrected chi connectivity index (χ2v) is 10.4. The summed E-state index contributed by atoms with van der Waals surface area (Å²) in [4.78, 5) is 10.3. The maximum Gasteiger partial charge on any atom is 0.303 e. The number of unbranched alkanes of at least 4 members (excludes halogenated alkanes) is 10. The van der Waals surface area contributed by atoms with Crippen molar-refractivity contribution in [1.29, 1.82) is 0 Å². The van der Waals surface area contributed by atoms with Gasteiger partial charge in [0, 0.05) is 6.42 Å². The molecule has 0 aromatic carbocycles. The Balaban J connectivity index is 2.97. The van der Waals surface area contributed by atoms with Crippen molar-refractivity contribution in [3.05, 3.63) is 0 Å². The number of hydrogen-bond acceptors (Lipinski definition) is 1. The van der Waals surface area contributed by atoms with Crippen LogP contribution in [0.4, 0.5) is 0 Å². The first-order chi connectivity index (χ1) is 9.13. The van der Waals surface area contributed by atoms with Crippen LogP contribution in [0.25, 0.3) is 0 Å². The molecule has 0 fully saturated rings. The van der Waals surface area contributed by atoms with Gasteiger partial charge >= 0.3 is 5.97 Å². The SMILES string of the molecule is O=C(O)CCCCCCCCCCCCC[SiH](Cl)Cl. The fourth-order valence-electron chi connectivity index (χ4n) is 2.17. The molecule has 0 radical (unpaired) electrons. The van der Waals surface area contributed by atoms with Gasteiger partial charge in [0.2, 0.25) is 7.42 Å². The molecule has 0 aromatic heterocycles. The summed E-state index contributed by atoms with van der Waals surface area (Å²) >= 11 is 11.6. The minimum Gasteiger partial charge on any atom is -0.481 e. The zero-order valence-electron chi connectivity index (χ0n) is 11.9. The van der Waals surface area contributed by atoms with Gasteiger partial charge in [-0.2, -0.15) is 22.2 Å². The Morgan fingerprint density at radius 2 is 1.11 bits per heavy atom. The molecule has 0 heterocycles. The van der Waals surface area contributed by atoms with Crippen molar-refractivity contribution in [3.8, 4) is 0 Å². The van der Waals surface area contributed by atoms with E-state index in [-0.39, 0.29) is 0 Å². The maximum atomic E-state index is 10.3. The van der Waals surface area contributed by atoms with Gasteiger partial charge in [-0.15, -0.1) is 0 Å². The van der Waals surface area contributed by atoms with Crippen molar-refractivity contribution < 1.29 is 9.90 Å². The second-order valence-electron chi connectivity index (χ2n) is 5.21. The minimum absolute atomic E-state index is 0.328. The highest BCUT2D eigenvalue weighted by Crippen LogP contribution is 2.14. The van der Waals surface area contributed by atoms with Crippen LogP contribution >= 0.6 is 22.2 Å². The molecule has 0 aliphatic rings. The molecule has 2 nitrogen and oxygen atoms in total. The van der Waals surface area contributed by atoms with Gasteiger partial charge in [-0.05, 0) is 12.5 Å². The predicted octanol–water partition coefficient (Wildman–Crippen LogP) is 5.45. The fourth-order valence-corrected chi connectivity index (χ4v) is 3.69. The number of halogens is 2. The van der Waals surface area contributed by atoms with E-state index in [0.717, 1.165) is 18.9 Å². The van der Waals surface area contributed by atoms with Crippen molar-refractivity contribution in [3.63, 3.8) is 0 Å². The highest BCUT2D eigenvalue weighted by atomic mass is 35.7. The van der Waals surface area contributed by atoms with Crippen LogP contribution < -0.4 is 0 Å². The van der Waals surface area contributed by atoms with E-state index in [1.807, 2.05) is 0 Å². The van der Waals surface area contributed by atoms with Gasteiger partial charge in [0.15, 0.2) is 0 Å². The molecule has 0 amide bonds. The van der Waals surface area contributed by atoms with Crippen LogP contribution in [0.15, 0.2) is 0 Å². The molecule has 0 aromatic rings. The summed E-state index contributed by atoms with van der Waals surface area (Å²) in [6.45, 7) is 0. The third kappa shape index (κ3) is 18.3. The topological polar surface area (TPSA) is 37.3 Å². The van der Waals surface area contributed by atoms with E-state index in [2.05, 4.69) is 0 Å². The highest BCUT2D eigenvalue weighted by Gasteiger charge is 2.00. The van der Waals surface area contributed by atoms with Crippen molar-refractivity contribution in [2.24, 2.45) is 0 Å². The van der Waals surface area contributed by atoms with Gasteiger partial charge in [-0.25, -0.2) is 0 Å². The highest BCUT2D eigenvalue weighted by molar-refractivity contribution is 7.33. The third-order valence-corrected chi connectivity index (χ3v) is 5.47. The van der Waals surface area contributed by atoms with E-state index in [4.69, 9.17) is 27.3 Å². The Morgan fingerprint density at radius 3 is 1.47 bits per heavy atom. The van der Waals surface area contributed by atoms with Gasteiger partial charge in [0.05, 0.1) is 0 Å². The molecule has 0 bridgehead atoms. The summed E-state index contributed by atoms with van der Waals surface area (Å²) in [6.07, 6.45) is 13.7. The lowest BCUT2D eigenvalue weighted by Gasteiger charge is -2.03. The van der Waals surface area contributed by atoms with Crippen LogP contribution in [-0.2, 0) is 4.79 Å². The quantitative estimate of drug-likeness (QED) is 0.262. The summed E-state index contributed by atoms with van der Waals surface area (Å²) < 4.78 is 0. The maximum absolute atomic E-state index is 10.3. The van der Waals surface area contributed by atoms with E-state index >= 15 is 0 Å². The summed E-state index contributed by atoms with van der Waals surface area (Å²) in [6, 6.07) is 1.06. The molecular weight excluding hydrogens is 299 g/mol. The average molecular weight is 327 g/mol. The Morgan fingerprint density at radius 1 is 0.737 bits per heavy atom. The van der Waals surface area contributed by atoms with Crippen molar-refractivity contribution in [2.75, 3.05) is 0 Å². The summed E-state index contributed by atoms with van der Waals surface area (Å²) in [7, 11) is -1.35. The minimum atomic E-state index is -1.35. The molecule has 5 heteroatoms. The fraction of sp³-hybridized carbons (Fsp3) is 0.929. The number of carbonyl (C=O) groups is 1. The van der Waals surface area contributed by atoms with Crippen LogP contribution in [0.2, 0.25) is 6.04 Å². The Labute approximate surface area is 128 Å². The number of carboxylic acids is 1. The Bertz CT molecular complexity index is 214. The molecule has 0 unspecified atom stereocenters. The summed E-state index contributed by atoms with van der Waals surface area (Å²) in [5.74, 6) is -0.669.